The molecule has 0 atom stereocenters. The highest BCUT2D eigenvalue weighted by atomic mass is 32.2. The van der Waals surface area contributed by atoms with Crippen molar-refractivity contribution in [1.82, 2.24) is 10.2 Å². The van der Waals surface area contributed by atoms with Crippen LogP contribution in [-0.2, 0) is 10.0 Å². The van der Waals surface area contributed by atoms with Crippen LogP contribution in [0.5, 0.6) is 17.2 Å². The second-order valence-electron chi connectivity index (χ2n) is 7.28. The molecule has 0 fully saturated rings. The van der Waals surface area contributed by atoms with Crippen LogP contribution < -0.4 is 24.2 Å². The van der Waals surface area contributed by atoms with Gasteiger partial charge in [-0.25, -0.2) is 8.42 Å². The number of rotatable bonds is 9. The normalized spacial score (nSPS) is 11.0. The van der Waals surface area contributed by atoms with E-state index >= 15 is 0 Å². The van der Waals surface area contributed by atoms with Crippen LogP contribution in [-0.4, -0.2) is 45.9 Å². The molecule has 0 aliphatic rings. The number of sulfonamides is 1. The summed E-state index contributed by atoms with van der Waals surface area (Å²) >= 11 is 0. The summed E-state index contributed by atoms with van der Waals surface area (Å²) in [7, 11) is 0.639. The first-order chi connectivity index (χ1) is 17.3. The highest BCUT2D eigenvalue weighted by molar-refractivity contribution is 7.92. The molecule has 0 unspecified atom stereocenters. The van der Waals surface area contributed by atoms with Gasteiger partial charge in [-0.05, 0) is 42.5 Å². The van der Waals surface area contributed by atoms with E-state index in [1.807, 2.05) is 0 Å². The van der Waals surface area contributed by atoms with E-state index in [1.165, 1.54) is 51.7 Å². The van der Waals surface area contributed by atoms with Gasteiger partial charge in [-0.15, -0.1) is 5.10 Å². The van der Waals surface area contributed by atoms with Crippen LogP contribution in [0, 0.1) is 0 Å². The maximum absolute atomic E-state index is 12.8. The number of aromatic nitrogens is 2. The van der Waals surface area contributed by atoms with Gasteiger partial charge in [0, 0.05) is 16.8 Å². The standard InChI is InChI=1S/C24H22N4O7S/c1-32-19-13-16(14-20(33-2)21(19)34-3)23-26-27-24(35-23)25-22(29)15-8-7-9-17(12-15)28-36(30,31)18-10-5-4-6-11-18/h4-14,28H,1-3H3,(H,25,27,29). The molecule has 0 saturated heterocycles. The molecule has 2 N–H and O–H groups in total. The highest BCUT2D eigenvalue weighted by Crippen LogP contribution is 2.41. The molecule has 186 valence electrons. The minimum Gasteiger partial charge on any atom is -0.493 e. The van der Waals surface area contributed by atoms with Crippen LogP contribution in [0.4, 0.5) is 11.7 Å². The molecule has 0 radical (unpaired) electrons. The maximum atomic E-state index is 12.8. The molecule has 36 heavy (non-hydrogen) atoms. The lowest BCUT2D eigenvalue weighted by Gasteiger charge is -2.12. The summed E-state index contributed by atoms with van der Waals surface area (Å²) in [5.74, 6) is 0.722. The molecular formula is C24H22N4O7S. The summed E-state index contributed by atoms with van der Waals surface area (Å²) in [6.45, 7) is 0. The predicted molar refractivity (Wildman–Crippen MR) is 131 cm³/mol. The van der Waals surface area contributed by atoms with Crippen molar-refractivity contribution in [3.05, 3.63) is 72.3 Å². The zero-order valence-corrected chi connectivity index (χ0v) is 20.3. The summed E-state index contributed by atoms with van der Waals surface area (Å²) < 4.78 is 49.2. The Morgan fingerprint density at radius 1 is 0.861 bits per heavy atom. The Morgan fingerprint density at radius 2 is 1.56 bits per heavy atom. The van der Waals surface area contributed by atoms with E-state index in [2.05, 4.69) is 20.2 Å². The summed E-state index contributed by atoms with van der Waals surface area (Å²) in [4.78, 5) is 12.9. The molecule has 0 aliphatic carbocycles. The fraction of sp³-hybridized carbons (Fsp3) is 0.125. The number of amides is 1. The van der Waals surface area contributed by atoms with Gasteiger partial charge in [-0.2, -0.15) is 0 Å². The molecule has 1 amide bonds. The number of ether oxygens (including phenoxy) is 3. The predicted octanol–water partition coefficient (Wildman–Crippen LogP) is 3.82. The molecule has 0 bridgehead atoms. The van der Waals surface area contributed by atoms with E-state index in [0.29, 0.717) is 22.8 Å². The topological polar surface area (TPSA) is 142 Å². The Bertz CT molecular complexity index is 1460. The molecule has 0 spiro atoms. The second kappa shape index (κ2) is 10.4. The Labute approximate surface area is 207 Å². The Morgan fingerprint density at radius 3 is 2.19 bits per heavy atom. The van der Waals surface area contributed by atoms with Crippen molar-refractivity contribution in [1.29, 1.82) is 0 Å². The van der Waals surface area contributed by atoms with Crippen LogP contribution in [0.25, 0.3) is 11.5 Å². The van der Waals surface area contributed by atoms with Gasteiger partial charge in [0.05, 0.1) is 26.2 Å². The van der Waals surface area contributed by atoms with Crippen molar-refractivity contribution >= 4 is 27.6 Å². The van der Waals surface area contributed by atoms with Crippen LogP contribution in [0.1, 0.15) is 10.4 Å². The number of nitrogens with one attached hydrogen (secondary N) is 2. The Balaban J connectivity index is 1.52. The van der Waals surface area contributed by atoms with Gasteiger partial charge in [-0.3, -0.25) is 14.8 Å². The van der Waals surface area contributed by atoms with Gasteiger partial charge in [0.1, 0.15) is 0 Å². The molecule has 12 heteroatoms. The lowest BCUT2D eigenvalue weighted by molar-refractivity contribution is 0.102. The number of anilines is 2. The minimum atomic E-state index is -3.81. The number of hydrogen-bond donors (Lipinski definition) is 2. The SMILES string of the molecule is COc1cc(-c2nnc(NC(=O)c3cccc(NS(=O)(=O)c4ccccc4)c3)o2)cc(OC)c1OC. The molecule has 4 rings (SSSR count). The average molecular weight is 511 g/mol. The van der Waals surface area contributed by atoms with Gasteiger partial charge in [0.2, 0.25) is 11.6 Å². The molecule has 4 aromatic rings. The Kier molecular flexibility index (Phi) is 7.06. The fourth-order valence-electron chi connectivity index (χ4n) is 3.30. The maximum Gasteiger partial charge on any atom is 0.322 e. The smallest absolute Gasteiger partial charge is 0.322 e. The van der Waals surface area contributed by atoms with E-state index in [9.17, 15) is 13.2 Å². The zero-order chi connectivity index (χ0) is 25.7. The van der Waals surface area contributed by atoms with Crippen molar-refractivity contribution in [2.45, 2.75) is 4.90 Å². The van der Waals surface area contributed by atoms with E-state index in [4.69, 9.17) is 18.6 Å². The lowest BCUT2D eigenvalue weighted by atomic mass is 10.2. The molecular weight excluding hydrogens is 488 g/mol. The van der Waals surface area contributed by atoms with Gasteiger partial charge in [0.15, 0.2) is 11.5 Å². The number of carbonyl (C=O) groups excluding carboxylic acids is 1. The molecule has 3 aromatic carbocycles. The van der Waals surface area contributed by atoms with E-state index < -0.39 is 15.9 Å². The third-order valence-electron chi connectivity index (χ3n) is 4.99. The first-order valence-corrected chi connectivity index (χ1v) is 12.0. The molecule has 1 aromatic heterocycles. The van der Waals surface area contributed by atoms with Crippen LogP contribution in [0.15, 0.2) is 76.0 Å². The lowest BCUT2D eigenvalue weighted by Crippen LogP contribution is -2.15. The third kappa shape index (κ3) is 5.23. The van der Waals surface area contributed by atoms with E-state index in [-0.39, 0.29) is 28.1 Å². The first kappa shape index (κ1) is 24.5. The zero-order valence-electron chi connectivity index (χ0n) is 19.5. The van der Waals surface area contributed by atoms with Gasteiger partial charge >= 0.3 is 6.01 Å². The summed E-state index contributed by atoms with van der Waals surface area (Å²) in [5.41, 5.74) is 0.876. The highest BCUT2D eigenvalue weighted by Gasteiger charge is 2.19. The van der Waals surface area contributed by atoms with Gasteiger partial charge < -0.3 is 18.6 Å². The van der Waals surface area contributed by atoms with Gasteiger partial charge in [-0.1, -0.05) is 29.4 Å². The average Bonchev–Trinajstić information content (AvgIpc) is 3.36. The molecule has 11 nitrogen and oxygen atoms in total. The minimum absolute atomic E-state index is 0.102. The first-order valence-electron chi connectivity index (χ1n) is 10.5. The summed E-state index contributed by atoms with van der Waals surface area (Å²) in [6.07, 6.45) is 0. The number of hydrogen-bond acceptors (Lipinski definition) is 9. The quantitative estimate of drug-likeness (QED) is 0.344. The molecule has 0 saturated carbocycles. The molecule has 1 heterocycles. The number of benzene rings is 3. The van der Waals surface area contributed by atoms with Crippen LogP contribution in [0.2, 0.25) is 0 Å². The molecule has 0 aliphatic heterocycles. The monoisotopic (exact) mass is 510 g/mol. The largest absolute Gasteiger partial charge is 0.493 e. The van der Waals surface area contributed by atoms with Crippen LogP contribution >= 0.6 is 0 Å². The number of nitrogens with zero attached hydrogens (tertiary/aromatic N) is 2. The second-order valence-corrected chi connectivity index (χ2v) is 8.96. The number of methoxy groups -OCH3 is 3. The Hall–Kier alpha value is -4.58. The van der Waals surface area contributed by atoms with Gasteiger partial charge in [0.25, 0.3) is 15.9 Å². The summed E-state index contributed by atoms with van der Waals surface area (Å²) in [5, 5.41) is 10.3. The van der Waals surface area contributed by atoms with E-state index in [1.54, 1.807) is 36.4 Å². The fourth-order valence-corrected chi connectivity index (χ4v) is 4.37. The third-order valence-corrected chi connectivity index (χ3v) is 6.38. The van der Waals surface area contributed by atoms with Crippen molar-refractivity contribution in [2.24, 2.45) is 0 Å². The van der Waals surface area contributed by atoms with Crippen LogP contribution in [0.3, 0.4) is 0 Å². The van der Waals surface area contributed by atoms with Crippen molar-refractivity contribution < 1.29 is 31.8 Å². The van der Waals surface area contributed by atoms with Crippen molar-refractivity contribution in [2.75, 3.05) is 31.4 Å². The van der Waals surface area contributed by atoms with E-state index in [0.717, 1.165) is 0 Å². The van der Waals surface area contributed by atoms with Crippen molar-refractivity contribution in [3.8, 4) is 28.7 Å². The summed E-state index contributed by atoms with van der Waals surface area (Å²) in [6, 6.07) is 17.0. The number of carbonyl (C=O) groups is 1. The van der Waals surface area contributed by atoms with Crippen molar-refractivity contribution in [3.63, 3.8) is 0 Å².